The number of hydrogen-bond acceptors (Lipinski definition) is 5. The van der Waals surface area contributed by atoms with Gasteiger partial charge >= 0.3 is 0 Å². The zero-order valence-electron chi connectivity index (χ0n) is 19.6. The molecule has 3 aromatic carbocycles. The molecular weight excluding hydrogens is 450 g/mol. The van der Waals surface area contributed by atoms with Crippen LogP contribution in [0.1, 0.15) is 46.3 Å². The highest BCUT2D eigenvalue weighted by Crippen LogP contribution is 2.48. The average Bonchev–Trinajstić information content (AvgIpc) is 2.98. The molecule has 1 aliphatic heterocycles. The van der Waals surface area contributed by atoms with Crippen LogP contribution in [0.4, 0.5) is 0 Å². The van der Waals surface area contributed by atoms with Gasteiger partial charge in [0.05, 0.1) is 25.2 Å². The van der Waals surface area contributed by atoms with Gasteiger partial charge in [-0.2, -0.15) is 4.31 Å². The molecule has 178 valence electrons. The molecule has 34 heavy (non-hydrogen) atoms. The summed E-state index contributed by atoms with van der Waals surface area (Å²) in [6.45, 7) is 1.94. The van der Waals surface area contributed by atoms with Gasteiger partial charge in [0.2, 0.25) is 10.0 Å². The molecule has 1 heterocycles. The van der Waals surface area contributed by atoms with Crippen molar-refractivity contribution < 1.29 is 23.0 Å². The van der Waals surface area contributed by atoms with Crippen molar-refractivity contribution >= 4 is 10.0 Å². The minimum absolute atomic E-state index is 0.0109. The zero-order chi connectivity index (χ0) is 24.0. The largest absolute Gasteiger partial charge is 0.493 e. The summed E-state index contributed by atoms with van der Waals surface area (Å²) in [6.07, 6.45) is 0.416. The van der Waals surface area contributed by atoms with E-state index in [0.29, 0.717) is 24.3 Å². The maximum Gasteiger partial charge on any atom is 0.243 e. The number of benzene rings is 3. The number of sulfonamides is 1. The van der Waals surface area contributed by atoms with Gasteiger partial charge < -0.3 is 14.6 Å². The van der Waals surface area contributed by atoms with Gasteiger partial charge in [-0.05, 0) is 66.3 Å². The van der Waals surface area contributed by atoms with Crippen LogP contribution < -0.4 is 9.47 Å². The van der Waals surface area contributed by atoms with Crippen LogP contribution in [-0.4, -0.2) is 44.6 Å². The van der Waals surface area contributed by atoms with Gasteiger partial charge in [-0.1, -0.05) is 42.0 Å². The third kappa shape index (κ3) is 3.68. The third-order valence-corrected chi connectivity index (χ3v) is 9.02. The lowest BCUT2D eigenvalue weighted by molar-refractivity contribution is 0.135. The summed E-state index contributed by atoms with van der Waals surface area (Å²) in [6, 6.07) is 18.3. The molecule has 0 spiro atoms. The van der Waals surface area contributed by atoms with Gasteiger partial charge in [-0.3, -0.25) is 0 Å². The van der Waals surface area contributed by atoms with Crippen LogP contribution in [0.2, 0.25) is 0 Å². The van der Waals surface area contributed by atoms with Gasteiger partial charge in [0.15, 0.2) is 11.5 Å². The van der Waals surface area contributed by atoms with Crippen molar-refractivity contribution in [1.29, 1.82) is 0 Å². The minimum Gasteiger partial charge on any atom is -0.493 e. The number of methoxy groups -OCH3 is 2. The maximum absolute atomic E-state index is 13.9. The Balaban J connectivity index is 1.71. The van der Waals surface area contributed by atoms with Crippen molar-refractivity contribution in [1.82, 2.24) is 4.31 Å². The average molecular weight is 480 g/mol. The Hall–Kier alpha value is -2.87. The molecule has 0 bridgehead atoms. The summed E-state index contributed by atoms with van der Waals surface area (Å²) in [5.41, 5.74) is 4.83. The summed E-state index contributed by atoms with van der Waals surface area (Å²) in [7, 11) is -0.622. The molecule has 1 N–H and O–H groups in total. The quantitative estimate of drug-likeness (QED) is 0.607. The van der Waals surface area contributed by atoms with E-state index in [0.717, 1.165) is 27.8 Å². The second-order valence-corrected chi connectivity index (χ2v) is 10.9. The lowest BCUT2D eigenvalue weighted by Gasteiger charge is -2.39. The van der Waals surface area contributed by atoms with E-state index in [-0.39, 0.29) is 23.4 Å². The minimum atomic E-state index is -3.84. The molecule has 0 saturated carbocycles. The first-order valence-corrected chi connectivity index (χ1v) is 12.9. The van der Waals surface area contributed by atoms with E-state index in [2.05, 4.69) is 0 Å². The predicted octanol–water partition coefficient (Wildman–Crippen LogP) is 4.20. The number of hydrogen-bond donors (Lipinski definition) is 1. The lowest BCUT2D eigenvalue weighted by atomic mass is 9.74. The molecule has 0 aromatic heterocycles. The van der Waals surface area contributed by atoms with Crippen molar-refractivity contribution in [2.24, 2.45) is 0 Å². The van der Waals surface area contributed by atoms with Crippen LogP contribution in [0.25, 0.3) is 0 Å². The predicted molar refractivity (Wildman–Crippen MR) is 130 cm³/mol. The summed E-state index contributed by atoms with van der Waals surface area (Å²) in [5.74, 6) is 1.03. The molecular formula is C27H29NO5S. The van der Waals surface area contributed by atoms with Gasteiger partial charge in [-0.25, -0.2) is 8.42 Å². The van der Waals surface area contributed by atoms with Crippen LogP contribution in [0.3, 0.4) is 0 Å². The van der Waals surface area contributed by atoms with E-state index in [1.165, 1.54) is 4.31 Å². The molecule has 0 radical (unpaired) electrons. The number of nitrogens with zero attached hydrogens (tertiary/aromatic N) is 1. The smallest absolute Gasteiger partial charge is 0.243 e. The Morgan fingerprint density at radius 2 is 1.56 bits per heavy atom. The summed E-state index contributed by atoms with van der Waals surface area (Å²) < 4.78 is 40.4. The first-order valence-electron chi connectivity index (χ1n) is 11.5. The molecule has 0 saturated heterocycles. The molecule has 2 aliphatic rings. The fourth-order valence-electron chi connectivity index (χ4n) is 5.43. The van der Waals surface area contributed by atoms with Crippen molar-refractivity contribution in [2.45, 2.75) is 42.7 Å². The number of aryl methyl sites for hydroxylation is 2. The van der Waals surface area contributed by atoms with Crippen LogP contribution in [0.5, 0.6) is 11.5 Å². The van der Waals surface area contributed by atoms with E-state index < -0.39 is 16.1 Å². The summed E-state index contributed by atoms with van der Waals surface area (Å²) in [4.78, 5) is 0.244. The van der Waals surface area contributed by atoms with Gasteiger partial charge in [-0.15, -0.1) is 0 Å². The summed E-state index contributed by atoms with van der Waals surface area (Å²) in [5, 5.41) is 11.2. The highest BCUT2D eigenvalue weighted by Gasteiger charge is 2.45. The van der Waals surface area contributed by atoms with E-state index >= 15 is 0 Å². The molecule has 6 nitrogen and oxygen atoms in total. The summed E-state index contributed by atoms with van der Waals surface area (Å²) >= 11 is 0. The Bertz CT molecular complexity index is 1320. The van der Waals surface area contributed by atoms with Gasteiger partial charge in [0.1, 0.15) is 0 Å². The van der Waals surface area contributed by atoms with E-state index in [1.54, 1.807) is 38.5 Å². The molecule has 3 atom stereocenters. The van der Waals surface area contributed by atoms with Crippen LogP contribution in [0.15, 0.2) is 65.6 Å². The van der Waals surface area contributed by atoms with Crippen LogP contribution in [-0.2, 0) is 16.4 Å². The van der Waals surface area contributed by atoms with Crippen molar-refractivity contribution in [3.63, 3.8) is 0 Å². The molecule has 1 aliphatic carbocycles. The topological polar surface area (TPSA) is 76.1 Å². The Morgan fingerprint density at radius 1 is 0.912 bits per heavy atom. The standard InChI is InChI=1S/C27H29NO5S/c1-17-8-11-19(12-9-17)34(30,31)28-16-24(29)20-6-4-5-7-21(20)27-22-15-26(33-3)25(32-2)14-18(22)10-13-23(27)28/h4-9,11-12,14-15,23-24,27,29H,10,13,16H2,1-3H3/t23-,24?,27-/m1/s1. The van der Waals surface area contributed by atoms with Crippen LogP contribution in [0, 0.1) is 6.92 Å². The van der Waals surface area contributed by atoms with Crippen LogP contribution >= 0.6 is 0 Å². The normalized spacial score (nSPS) is 22.2. The highest BCUT2D eigenvalue weighted by atomic mass is 32.2. The van der Waals surface area contributed by atoms with E-state index in [9.17, 15) is 13.5 Å². The van der Waals surface area contributed by atoms with Gasteiger partial charge in [0.25, 0.3) is 0 Å². The van der Waals surface area contributed by atoms with Crippen molar-refractivity contribution in [2.75, 3.05) is 20.8 Å². The van der Waals surface area contributed by atoms with E-state index in [1.807, 2.05) is 43.3 Å². The molecule has 7 heteroatoms. The first-order chi connectivity index (χ1) is 16.3. The zero-order valence-corrected chi connectivity index (χ0v) is 20.4. The second-order valence-electron chi connectivity index (χ2n) is 9.02. The molecule has 1 unspecified atom stereocenters. The SMILES string of the molecule is COc1cc2c(cc1OC)[C@H]1c3ccccc3C(O)CN(S(=O)(=O)c3ccc(C)cc3)[C@@H]1CC2. The van der Waals surface area contributed by atoms with Crippen molar-refractivity contribution in [3.8, 4) is 11.5 Å². The number of aliphatic hydroxyl groups is 1. The van der Waals surface area contributed by atoms with Crippen molar-refractivity contribution in [3.05, 3.63) is 88.5 Å². The van der Waals surface area contributed by atoms with E-state index in [4.69, 9.17) is 9.47 Å². The fourth-order valence-corrected chi connectivity index (χ4v) is 7.10. The Morgan fingerprint density at radius 3 is 2.24 bits per heavy atom. The lowest BCUT2D eigenvalue weighted by Crippen LogP contribution is -2.46. The molecule has 0 fully saturated rings. The molecule has 0 amide bonds. The van der Waals surface area contributed by atoms with Gasteiger partial charge in [0, 0.05) is 18.5 Å². The highest BCUT2D eigenvalue weighted by molar-refractivity contribution is 7.89. The number of aliphatic hydroxyl groups excluding tert-OH is 1. The number of ether oxygens (including phenoxy) is 2. The second kappa shape index (κ2) is 8.73. The third-order valence-electron chi connectivity index (χ3n) is 7.12. The first kappa shape index (κ1) is 22.9. The Labute approximate surface area is 200 Å². The molecule has 3 aromatic rings. The molecule has 5 rings (SSSR count). The number of β-amino-alcohol motifs (C(OH)–C–C–N with tert-alkyl or cyclic N) is 1. The monoisotopic (exact) mass is 479 g/mol. The fraction of sp³-hybridized carbons (Fsp3) is 0.333. The number of rotatable bonds is 4. The maximum atomic E-state index is 13.9. The number of fused-ring (bicyclic) bond motifs is 5. The Kier molecular flexibility index (Phi) is 5.88.